The van der Waals surface area contributed by atoms with E-state index in [1.807, 2.05) is 13.0 Å². The Bertz CT molecular complexity index is 1160. The Labute approximate surface area is 188 Å². The number of nitrogens with zero attached hydrogens (tertiary/aromatic N) is 4. The van der Waals surface area contributed by atoms with Crippen LogP contribution in [-0.4, -0.2) is 49.4 Å². The summed E-state index contributed by atoms with van der Waals surface area (Å²) >= 11 is 0. The van der Waals surface area contributed by atoms with E-state index in [0.29, 0.717) is 30.5 Å². The number of piperidine rings is 1. The smallest absolute Gasteiger partial charge is 0.263 e. The fourth-order valence-corrected chi connectivity index (χ4v) is 4.91. The van der Waals surface area contributed by atoms with Crippen LogP contribution in [0, 0.1) is 13.8 Å². The lowest BCUT2D eigenvalue weighted by molar-refractivity contribution is 0.0595. The summed E-state index contributed by atoms with van der Waals surface area (Å²) in [6.45, 7) is 9.93. The lowest BCUT2D eigenvalue weighted by Gasteiger charge is -2.36. The number of carbonyl (C=O) groups excluding carboxylic acids is 1. The molecule has 0 aliphatic carbocycles. The van der Waals surface area contributed by atoms with Crippen LogP contribution in [-0.2, 0) is 20.0 Å². The van der Waals surface area contributed by atoms with Crippen molar-refractivity contribution in [3.8, 4) is 0 Å². The molecule has 0 spiro atoms. The zero-order chi connectivity index (χ0) is 23.2. The molecule has 2 aliphatic rings. The maximum Gasteiger partial charge on any atom is 0.263 e. The summed E-state index contributed by atoms with van der Waals surface area (Å²) in [6.07, 6.45) is 3.26. The molecule has 4 heterocycles. The lowest BCUT2D eigenvalue weighted by atomic mass is 9.98. The third-order valence-electron chi connectivity index (χ3n) is 7.01. The van der Waals surface area contributed by atoms with Gasteiger partial charge in [0.05, 0.1) is 17.3 Å². The van der Waals surface area contributed by atoms with Crippen molar-refractivity contribution in [2.75, 3.05) is 13.1 Å². The standard InChI is InChI=1S/C24H33N5O3/c1-14(2)28-11-9-18-17(13-28)22(30)26-21(25-18)19-8-6-7-10-29(19)24(32)20-15(3)12-16(4)27(5)23(20)31/h12,14,19H,6-11,13H2,1-5H3,(H,25,26,30). The Hall–Kier alpha value is -2.74. The van der Waals surface area contributed by atoms with E-state index in [4.69, 9.17) is 4.98 Å². The van der Waals surface area contributed by atoms with Crippen molar-refractivity contribution < 1.29 is 4.79 Å². The number of hydrogen-bond acceptors (Lipinski definition) is 5. The molecule has 1 fully saturated rings. The monoisotopic (exact) mass is 439 g/mol. The minimum atomic E-state index is -0.331. The van der Waals surface area contributed by atoms with Gasteiger partial charge in [-0.15, -0.1) is 0 Å². The first-order valence-corrected chi connectivity index (χ1v) is 11.5. The second-order valence-electron chi connectivity index (χ2n) is 9.41. The topological polar surface area (TPSA) is 91.3 Å². The molecule has 4 rings (SSSR count). The highest BCUT2D eigenvalue weighted by Crippen LogP contribution is 2.31. The van der Waals surface area contributed by atoms with Crippen LogP contribution in [0.2, 0.25) is 0 Å². The van der Waals surface area contributed by atoms with E-state index in [-0.39, 0.29) is 28.6 Å². The second-order valence-corrected chi connectivity index (χ2v) is 9.41. The molecule has 1 atom stereocenters. The lowest BCUT2D eigenvalue weighted by Crippen LogP contribution is -2.44. The van der Waals surface area contributed by atoms with Crippen LogP contribution in [0.25, 0.3) is 0 Å². The van der Waals surface area contributed by atoms with E-state index in [1.165, 1.54) is 4.57 Å². The van der Waals surface area contributed by atoms with Gasteiger partial charge in [-0.25, -0.2) is 4.98 Å². The number of likely N-dealkylation sites (tertiary alicyclic amines) is 1. The molecule has 1 unspecified atom stereocenters. The van der Waals surface area contributed by atoms with Crippen molar-refractivity contribution in [1.29, 1.82) is 0 Å². The first-order chi connectivity index (χ1) is 15.2. The van der Waals surface area contributed by atoms with Gasteiger partial charge >= 0.3 is 0 Å². The number of pyridine rings is 1. The number of H-pyrrole nitrogens is 1. The molecule has 1 amide bonds. The summed E-state index contributed by atoms with van der Waals surface area (Å²) in [6, 6.07) is 1.91. The Morgan fingerprint density at radius 1 is 1.19 bits per heavy atom. The molecule has 1 N–H and O–H groups in total. The number of aromatic nitrogens is 3. The number of aromatic amines is 1. The van der Waals surface area contributed by atoms with Crippen LogP contribution in [0.3, 0.4) is 0 Å². The molecule has 0 radical (unpaired) electrons. The number of hydrogen-bond donors (Lipinski definition) is 1. The SMILES string of the molecule is Cc1cc(C)n(C)c(=O)c1C(=O)N1CCCCC1c1nc2c(c(=O)[nH]1)CN(C(C)C)CC2. The third kappa shape index (κ3) is 3.92. The molecule has 8 nitrogen and oxygen atoms in total. The summed E-state index contributed by atoms with van der Waals surface area (Å²) in [5, 5.41) is 0. The van der Waals surface area contributed by atoms with Crippen molar-refractivity contribution >= 4 is 5.91 Å². The molecule has 172 valence electrons. The number of fused-ring (bicyclic) bond motifs is 1. The molecule has 2 aromatic heterocycles. The molecule has 0 aromatic carbocycles. The third-order valence-corrected chi connectivity index (χ3v) is 7.01. The number of amides is 1. The molecule has 0 bridgehead atoms. The summed E-state index contributed by atoms with van der Waals surface area (Å²) < 4.78 is 1.51. The normalized spacial score (nSPS) is 19.3. The van der Waals surface area contributed by atoms with E-state index in [0.717, 1.165) is 49.2 Å². The number of carbonyl (C=O) groups is 1. The minimum absolute atomic E-state index is 0.115. The quantitative estimate of drug-likeness (QED) is 0.792. The summed E-state index contributed by atoms with van der Waals surface area (Å²) in [7, 11) is 1.69. The van der Waals surface area contributed by atoms with Gasteiger partial charge in [0.1, 0.15) is 11.4 Å². The summed E-state index contributed by atoms with van der Waals surface area (Å²) in [5.41, 5.74) is 2.87. The van der Waals surface area contributed by atoms with Crippen molar-refractivity contribution in [3.63, 3.8) is 0 Å². The number of aryl methyl sites for hydroxylation is 2. The molecule has 2 aliphatic heterocycles. The van der Waals surface area contributed by atoms with Crippen molar-refractivity contribution in [3.05, 3.63) is 60.7 Å². The number of nitrogens with one attached hydrogen (secondary N) is 1. The van der Waals surface area contributed by atoms with Crippen molar-refractivity contribution in [1.82, 2.24) is 24.3 Å². The van der Waals surface area contributed by atoms with Crippen LogP contribution < -0.4 is 11.1 Å². The van der Waals surface area contributed by atoms with Gasteiger partial charge in [0.2, 0.25) is 0 Å². The maximum absolute atomic E-state index is 13.6. The zero-order valence-electron chi connectivity index (χ0n) is 19.7. The second kappa shape index (κ2) is 8.65. The average Bonchev–Trinajstić information content (AvgIpc) is 2.77. The van der Waals surface area contributed by atoms with E-state index < -0.39 is 0 Å². The first-order valence-electron chi connectivity index (χ1n) is 11.5. The Morgan fingerprint density at radius 3 is 2.66 bits per heavy atom. The summed E-state index contributed by atoms with van der Waals surface area (Å²) in [4.78, 5) is 51.2. The minimum Gasteiger partial charge on any atom is -0.328 e. The van der Waals surface area contributed by atoms with E-state index in [9.17, 15) is 14.4 Å². The highest BCUT2D eigenvalue weighted by atomic mass is 16.2. The molecular weight excluding hydrogens is 406 g/mol. The van der Waals surface area contributed by atoms with Crippen LogP contribution in [0.4, 0.5) is 0 Å². The highest BCUT2D eigenvalue weighted by molar-refractivity contribution is 5.95. The fourth-order valence-electron chi connectivity index (χ4n) is 4.91. The van der Waals surface area contributed by atoms with E-state index in [2.05, 4.69) is 23.7 Å². The largest absolute Gasteiger partial charge is 0.328 e. The van der Waals surface area contributed by atoms with Gasteiger partial charge in [0.25, 0.3) is 17.0 Å². The fraction of sp³-hybridized carbons (Fsp3) is 0.583. The molecule has 0 saturated carbocycles. The predicted octanol–water partition coefficient (Wildman–Crippen LogP) is 2.22. The summed E-state index contributed by atoms with van der Waals surface area (Å²) in [5.74, 6) is 0.264. The van der Waals surface area contributed by atoms with Gasteiger partial charge in [-0.1, -0.05) is 0 Å². The van der Waals surface area contributed by atoms with Crippen molar-refractivity contribution in [2.24, 2.45) is 7.05 Å². The van der Waals surface area contributed by atoms with Crippen LogP contribution >= 0.6 is 0 Å². The van der Waals surface area contributed by atoms with Crippen LogP contribution in [0.5, 0.6) is 0 Å². The maximum atomic E-state index is 13.6. The Morgan fingerprint density at radius 2 is 1.94 bits per heavy atom. The van der Waals surface area contributed by atoms with Gasteiger partial charge in [0.15, 0.2) is 0 Å². The Kier molecular flexibility index (Phi) is 6.07. The van der Waals surface area contributed by atoms with Crippen molar-refractivity contribution in [2.45, 2.75) is 72.0 Å². The van der Waals surface area contributed by atoms with E-state index >= 15 is 0 Å². The molecule has 1 saturated heterocycles. The van der Waals surface area contributed by atoms with Gasteiger partial charge < -0.3 is 14.5 Å². The number of rotatable bonds is 3. The molecular formula is C24H33N5O3. The average molecular weight is 440 g/mol. The zero-order valence-corrected chi connectivity index (χ0v) is 19.7. The Balaban J connectivity index is 1.71. The predicted molar refractivity (Wildman–Crippen MR) is 123 cm³/mol. The van der Waals surface area contributed by atoms with Crippen LogP contribution in [0.1, 0.15) is 77.8 Å². The van der Waals surface area contributed by atoms with Gasteiger partial charge in [-0.2, -0.15) is 0 Å². The van der Waals surface area contributed by atoms with Crippen LogP contribution in [0.15, 0.2) is 15.7 Å². The van der Waals surface area contributed by atoms with E-state index in [1.54, 1.807) is 18.9 Å². The molecule has 8 heteroatoms. The van der Waals surface area contributed by atoms with Gasteiger partial charge in [-0.05, 0) is 58.6 Å². The molecule has 2 aromatic rings. The highest BCUT2D eigenvalue weighted by Gasteiger charge is 2.34. The molecule has 32 heavy (non-hydrogen) atoms. The first kappa shape index (κ1) is 22.5. The van der Waals surface area contributed by atoms with Gasteiger partial charge in [-0.3, -0.25) is 19.3 Å². The van der Waals surface area contributed by atoms with Gasteiger partial charge in [0, 0.05) is 44.8 Å².